The number of nitrogens with zero attached hydrogens (tertiary/aromatic N) is 3. The van der Waals surface area contributed by atoms with Gasteiger partial charge in [-0.1, -0.05) is 42.5 Å². The van der Waals surface area contributed by atoms with Crippen LogP contribution in [-0.4, -0.2) is 21.9 Å². The number of para-hydroxylation sites is 1. The largest absolute Gasteiger partial charge is 0.493 e. The number of benzene rings is 2. The molecular weight excluding hydrogens is 316 g/mol. The van der Waals surface area contributed by atoms with Crippen LogP contribution in [0.3, 0.4) is 0 Å². The molecule has 1 aromatic heterocycles. The van der Waals surface area contributed by atoms with Gasteiger partial charge in [-0.05, 0) is 13.0 Å². The maximum atomic E-state index is 6.38. The number of nitrogens with one attached hydrogen (secondary N) is 1. The topological polar surface area (TPSA) is 61.2 Å². The standard InChI is InChI=1S/C19H18N4O2/c1-19-11-14(13-9-6-10-15(24-2)16(13)25-19)20-18-21-17(22-23(18)19)12-7-4-3-5-8-12/h3-10,14H,11H2,1-2H3,(H,20,21,22)/t14-,19-/m0/s1. The van der Waals surface area contributed by atoms with Crippen molar-refractivity contribution in [2.45, 2.75) is 25.1 Å². The van der Waals surface area contributed by atoms with Gasteiger partial charge >= 0.3 is 0 Å². The van der Waals surface area contributed by atoms with Crippen LogP contribution in [0.1, 0.15) is 24.9 Å². The van der Waals surface area contributed by atoms with Gasteiger partial charge in [0.15, 0.2) is 17.3 Å². The molecule has 2 aliphatic heterocycles. The summed E-state index contributed by atoms with van der Waals surface area (Å²) in [5.41, 5.74) is 1.47. The van der Waals surface area contributed by atoms with Gasteiger partial charge in [0.05, 0.1) is 13.2 Å². The fourth-order valence-electron chi connectivity index (χ4n) is 3.69. The van der Waals surface area contributed by atoms with Crippen molar-refractivity contribution in [3.8, 4) is 22.9 Å². The summed E-state index contributed by atoms with van der Waals surface area (Å²) in [6, 6.07) is 16.1. The molecule has 0 aliphatic carbocycles. The van der Waals surface area contributed by atoms with Crippen molar-refractivity contribution in [2.75, 3.05) is 12.4 Å². The number of rotatable bonds is 2. The van der Waals surface area contributed by atoms with Crippen molar-refractivity contribution in [3.63, 3.8) is 0 Å². The highest BCUT2D eigenvalue weighted by atomic mass is 16.5. The van der Waals surface area contributed by atoms with E-state index in [9.17, 15) is 0 Å². The number of fused-ring (bicyclic) bond motifs is 6. The predicted octanol–water partition coefficient (Wildman–Crippen LogP) is 3.58. The van der Waals surface area contributed by atoms with Crippen LogP contribution in [0.5, 0.6) is 11.5 Å². The van der Waals surface area contributed by atoms with E-state index in [1.54, 1.807) is 7.11 Å². The first-order valence-electron chi connectivity index (χ1n) is 8.33. The average Bonchev–Trinajstić information content (AvgIpc) is 3.07. The van der Waals surface area contributed by atoms with E-state index < -0.39 is 5.72 Å². The predicted molar refractivity (Wildman–Crippen MR) is 93.7 cm³/mol. The second-order valence-electron chi connectivity index (χ2n) is 6.59. The van der Waals surface area contributed by atoms with E-state index in [2.05, 4.69) is 11.4 Å². The Kier molecular flexibility index (Phi) is 2.86. The van der Waals surface area contributed by atoms with Crippen LogP contribution < -0.4 is 14.8 Å². The summed E-state index contributed by atoms with van der Waals surface area (Å²) in [5.74, 6) is 2.93. The van der Waals surface area contributed by atoms with Crippen molar-refractivity contribution in [1.29, 1.82) is 0 Å². The zero-order valence-corrected chi connectivity index (χ0v) is 14.1. The minimum absolute atomic E-state index is 0.115. The highest BCUT2D eigenvalue weighted by Gasteiger charge is 2.46. The van der Waals surface area contributed by atoms with Gasteiger partial charge in [0.1, 0.15) is 0 Å². The number of ether oxygens (including phenoxy) is 2. The van der Waals surface area contributed by atoms with Crippen LogP contribution >= 0.6 is 0 Å². The average molecular weight is 334 g/mol. The van der Waals surface area contributed by atoms with Crippen LogP contribution in [0, 0.1) is 0 Å². The van der Waals surface area contributed by atoms with E-state index >= 15 is 0 Å². The van der Waals surface area contributed by atoms with Gasteiger partial charge in [-0.15, -0.1) is 5.10 Å². The number of hydrogen-bond donors (Lipinski definition) is 1. The van der Waals surface area contributed by atoms with E-state index in [4.69, 9.17) is 19.6 Å². The lowest BCUT2D eigenvalue weighted by molar-refractivity contribution is -0.0364. The van der Waals surface area contributed by atoms with Crippen LogP contribution in [0.2, 0.25) is 0 Å². The first-order valence-corrected chi connectivity index (χ1v) is 8.33. The number of aromatic nitrogens is 3. The van der Waals surface area contributed by atoms with Crippen LogP contribution in [-0.2, 0) is 5.72 Å². The number of anilines is 1. The molecule has 0 spiro atoms. The van der Waals surface area contributed by atoms with Crippen LogP contribution in [0.25, 0.3) is 11.4 Å². The lowest BCUT2D eigenvalue weighted by Gasteiger charge is -2.44. The van der Waals surface area contributed by atoms with Crippen molar-refractivity contribution in [2.24, 2.45) is 0 Å². The molecule has 25 heavy (non-hydrogen) atoms. The molecule has 2 atom stereocenters. The highest BCUT2D eigenvalue weighted by molar-refractivity contribution is 5.58. The Bertz CT molecular complexity index is 953. The van der Waals surface area contributed by atoms with E-state index in [0.29, 0.717) is 5.82 Å². The van der Waals surface area contributed by atoms with Gasteiger partial charge in [-0.2, -0.15) is 9.67 Å². The molecule has 1 N–H and O–H groups in total. The summed E-state index contributed by atoms with van der Waals surface area (Å²) in [5, 5.41) is 8.22. The quantitative estimate of drug-likeness (QED) is 0.776. The Balaban J connectivity index is 1.63. The fourth-order valence-corrected chi connectivity index (χ4v) is 3.69. The summed E-state index contributed by atoms with van der Waals surface area (Å²) in [6.45, 7) is 2.04. The maximum Gasteiger partial charge on any atom is 0.225 e. The van der Waals surface area contributed by atoms with Crippen LogP contribution in [0.4, 0.5) is 5.95 Å². The third-order valence-electron chi connectivity index (χ3n) is 4.90. The fraction of sp³-hybridized carbons (Fsp3) is 0.263. The molecule has 2 bridgehead atoms. The second kappa shape index (κ2) is 4.99. The van der Waals surface area contributed by atoms with E-state index in [0.717, 1.165) is 35.0 Å². The molecule has 0 saturated carbocycles. The van der Waals surface area contributed by atoms with Gasteiger partial charge < -0.3 is 14.8 Å². The monoisotopic (exact) mass is 334 g/mol. The molecular formula is C19H18N4O2. The molecule has 3 aromatic rings. The Morgan fingerprint density at radius 3 is 2.84 bits per heavy atom. The van der Waals surface area contributed by atoms with Crippen LogP contribution in [0.15, 0.2) is 48.5 Å². The van der Waals surface area contributed by atoms with Crippen molar-refractivity contribution in [1.82, 2.24) is 14.8 Å². The molecule has 2 aromatic carbocycles. The zero-order chi connectivity index (χ0) is 17.0. The lowest BCUT2D eigenvalue weighted by Crippen LogP contribution is -2.47. The Labute approximate surface area is 145 Å². The molecule has 3 heterocycles. The molecule has 6 heteroatoms. The maximum absolute atomic E-state index is 6.38. The summed E-state index contributed by atoms with van der Waals surface area (Å²) in [6.07, 6.45) is 0.776. The summed E-state index contributed by atoms with van der Waals surface area (Å²) >= 11 is 0. The van der Waals surface area contributed by atoms with E-state index in [-0.39, 0.29) is 6.04 Å². The lowest BCUT2D eigenvalue weighted by atomic mass is 9.92. The molecule has 126 valence electrons. The van der Waals surface area contributed by atoms with Gasteiger partial charge in [-0.3, -0.25) is 0 Å². The van der Waals surface area contributed by atoms with E-state index in [1.165, 1.54) is 0 Å². The SMILES string of the molecule is COc1cccc2c1O[C@@]1(C)C[C@@H]2Nc2nc(-c3ccccc3)nn21. The van der Waals surface area contributed by atoms with Crippen molar-refractivity contribution in [3.05, 3.63) is 54.1 Å². The van der Waals surface area contributed by atoms with E-state index in [1.807, 2.05) is 54.1 Å². The van der Waals surface area contributed by atoms with Crippen molar-refractivity contribution < 1.29 is 9.47 Å². The zero-order valence-electron chi connectivity index (χ0n) is 14.1. The summed E-state index contributed by atoms with van der Waals surface area (Å²) in [7, 11) is 1.66. The van der Waals surface area contributed by atoms with Gasteiger partial charge in [-0.25, -0.2) is 0 Å². The molecule has 2 aliphatic rings. The third kappa shape index (κ3) is 2.03. The minimum Gasteiger partial charge on any atom is -0.493 e. The highest BCUT2D eigenvalue weighted by Crippen LogP contribution is 2.50. The Morgan fingerprint density at radius 1 is 1.20 bits per heavy atom. The Hall–Kier alpha value is -3.02. The normalized spacial score (nSPS) is 23.0. The molecule has 6 nitrogen and oxygen atoms in total. The van der Waals surface area contributed by atoms with Gasteiger partial charge in [0, 0.05) is 17.5 Å². The summed E-state index contributed by atoms with van der Waals surface area (Å²) < 4.78 is 13.7. The number of hydrogen-bond acceptors (Lipinski definition) is 5. The second-order valence-corrected chi connectivity index (χ2v) is 6.59. The minimum atomic E-state index is -0.604. The van der Waals surface area contributed by atoms with Gasteiger partial charge in [0.2, 0.25) is 11.7 Å². The molecule has 0 unspecified atom stereocenters. The molecule has 0 saturated heterocycles. The third-order valence-corrected chi connectivity index (χ3v) is 4.90. The smallest absolute Gasteiger partial charge is 0.225 e. The molecule has 0 fully saturated rings. The molecule has 5 rings (SSSR count). The van der Waals surface area contributed by atoms with Gasteiger partial charge in [0.25, 0.3) is 0 Å². The molecule has 0 radical (unpaired) electrons. The Morgan fingerprint density at radius 2 is 2.04 bits per heavy atom. The first-order chi connectivity index (χ1) is 12.2. The number of methoxy groups -OCH3 is 1. The van der Waals surface area contributed by atoms with Crippen molar-refractivity contribution >= 4 is 5.95 Å². The summed E-state index contributed by atoms with van der Waals surface area (Å²) in [4.78, 5) is 4.69. The molecule has 0 amide bonds. The first kappa shape index (κ1) is 14.3.